The maximum atomic E-state index is 11.7. The van der Waals surface area contributed by atoms with E-state index in [1.165, 1.54) is 12.1 Å². The minimum Gasteiger partial charge on any atom is -0.480 e. The minimum absolute atomic E-state index is 0.107. The summed E-state index contributed by atoms with van der Waals surface area (Å²) in [6.07, 6.45) is -0.107. The molecule has 0 aliphatic heterocycles. The number of hydrogen-bond acceptors (Lipinski definition) is 3. The van der Waals surface area contributed by atoms with E-state index in [2.05, 4.69) is 26.6 Å². The highest BCUT2D eigenvalue weighted by atomic mass is 79.9. The van der Waals surface area contributed by atoms with Gasteiger partial charge in [0.1, 0.15) is 6.04 Å². The normalized spacial score (nSPS) is 11.8. The number of anilines is 1. The van der Waals surface area contributed by atoms with E-state index >= 15 is 0 Å². The lowest BCUT2D eigenvalue weighted by Crippen LogP contribution is -2.43. The van der Waals surface area contributed by atoms with Crippen LogP contribution in [0.4, 0.5) is 10.5 Å². The fourth-order valence-corrected chi connectivity index (χ4v) is 2.66. The molecule has 0 aromatic heterocycles. The highest BCUT2D eigenvalue weighted by Crippen LogP contribution is 2.33. The number of nitrogens with one attached hydrogen (secondary N) is 2. The molecule has 0 unspecified atom stereocenters. The zero-order valence-electron chi connectivity index (χ0n) is 9.99. The lowest BCUT2D eigenvalue weighted by molar-refractivity contribution is -0.139. The van der Waals surface area contributed by atoms with Gasteiger partial charge in [0.2, 0.25) is 0 Å². The molecular formula is C11H11BrCl2N2O4. The van der Waals surface area contributed by atoms with Gasteiger partial charge in [0.05, 0.1) is 15.7 Å². The number of urea groups is 1. The molecule has 2 amide bonds. The smallest absolute Gasteiger partial charge is 0.326 e. The number of hydrogen-bond donors (Lipinski definition) is 4. The summed E-state index contributed by atoms with van der Waals surface area (Å²) < 4.78 is 0.641. The van der Waals surface area contributed by atoms with Gasteiger partial charge in [-0.2, -0.15) is 0 Å². The monoisotopic (exact) mass is 384 g/mol. The van der Waals surface area contributed by atoms with Gasteiger partial charge in [-0.1, -0.05) is 39.1 Å². The van der Waals surface area contributed by atoms with E-state index in [4.69, 9.17) is 33.4 Å². The Labute approximate surface area is 133 Å². The van der Waals surface area contributed by atoms with E-state index in [1.54, 1.807) is 0 Å². The summed E-state index contributed by atoms with van der Waals surface area (Å²) in [5.41, 5.74) is 0.169. The lowest BCUT2D eigenvalue weighted by atomic mass is 10.2. The van der Waals surface area contributed by atoms with Crippen molar-refractivity contribution in [2.75, 3.05) is 11.9 Å². The van der Waals surface area contributed by atoms with Crippen molar-refractivity contribution in [2.45, 2.75) is 12.5 Å². The summed E-state index contributed by atoms with van der Waals surface area (Å²) in [4.78, 5) is 22.5. The van der Waals surface area contributed by atoms with Crippen LogP contribution in [0.25, 0.3) is 0 Å². The van der Waals surface area contributed by atoms with Crippen LogP contribution in [-0.4, -0.2) is 34.9 Å². The Kier molecular flexibility index (Phi) is 6.54. The van der Waals surface area contributed by atoms with Crippen LogP contribution in [0.3, 0.4) is 0 Å². The van der Waals surface area contributed by atoms with Crippen LogP contribution in [0, 0.1) is 0 Å². The van der Waals surface area contributed by atoms with Gasteiger partial charge in [-0.3, -0.25) is 0 Å². The van der Waals surface area contributed by atoms with Crippen LogP contribution in [0.1, 0.15) is 6.42 Å². The van der Waals surface area contributed by atoms with Gasteiger partial charge in [-0.25, -0.2) is 9.59 Å². The molecule has 0 saturated carbocycles. The molecule has 6 nitrogen and oxygen atoms in total. The van der Waals surface area contributed by atoms with Crippen molar-refractivity contribution in [3.63, 3.8) is 0 Å². The first-order chi connectivity index (χ1) is 9.35. The Hall–Kier alpha value is -1.02. The number of aliphatic carboxylic acids is 1. The molecule has 110 valence electrons. The Balaban J connectivity index is 2.78. The van der Waals surface area contributed by atoms with Crippen LogP contribution in [0.15, 0.2) is 16.6 Å². The Morgan fingerprint density at radius 2 is 1.85 bits per heavy atom. The van der Waals surface area contributed by atoms with Crippen LogP contribution < -0.4 is 10.6 Å². The number of carbonyl (C=O) groups is 2. The SMILES string of the molecule is O=C(Nc1c(Cl)cc(Br)cc1Cl)N[C@H](CCO)C(=O)O. The number of carboxylic acid groups (broad SMARTS) is 1. The number of halogens is 3. The number of aliphatic hydroxyl groups is 1. The van der Waals surface area contributed by atoms with Gasteiger partial charge < -0.3 is 20.8 Å². The molecule has 9 heteroatoms. The number of carboxylic acids is 1. The third kappa shape index (κ3) is 4.82. The molecule has 1 rings (SSSR count). The molecule has 1 atom stereocenters. The number of amides is 2. The van der Waals surface area contributed by atoms with E-state index in [9.17, 15) is 9.59 Å². The summed E-state index contributed by atoms with van der Waals surface area (Å²) >= 11 is 15.0. The number of benzene rings is 1. The van der Waals surface area contributed by atoms with E-state index in [1.807, 2.05) is 0 Å². The molecule has 0 radical (unpaired) electrons. The third-order valence-electron chi connectivity index (χ3n) is 2.27. The maximum absolute atomic E-state index is 11.7. The Morgan fingerprint density at radius 1 is 1.30 bits per heavy atom. The zero-order valence-corrected chi connectivity index (χ0v) is 13.1. The molecule has 0 spiro atoms. The second-order valence-corrected chi connectivity index (χ2v) is 5.48. The average molecular weight is 386 g/mol. The fraction of sp³-hybridized carbons (Fsp3) is 0.273. The van der Waals surface area contributed by atoms with Crippen molar-refractivity contribution in [1.82, 2.24) is 5.32 Å². The van der Waals surface area contributed by atoms with Crippen molar-refractivity contribution < 1.29 is 19.8 Å². The van der Waals surface area contributed by atoms with Crippen molar-refractivity contribution in [1.29, 1.82) is 0 Å². The summed E-state index contributed by atoms with van der Waals surface area (Å²) in [7, 11) is 0. The van der Waals surface area contributed by atoms with Crippen molar-refractivity contribution in [3.8, 4) is 0 Å². The number of carbonyl (C=O) groups excluding carboxylic acids is 1. The van der Waals surface area contributed by atoms with Crippen molar-refractivity contribution in [2.24, 2.45) is 0 Å². The second kappa shape index (κ2) is 7.68. The molecule has 4 N–H and O–H groups in total. The first-order valence-electron chi connectivity index (χ1n) is 5.41. The minimum atomic E-state index is -1.25. The topological polar surface area (TPSA) is 98.7 Å². The van der Waals surface area contributed by atoms with Gasteiger partial charge >= 0.3 is 12.0 Å². The van der Waals surface area contributed by atoms with Crippen LogP contribution >= 0.6 is 39.1 Å². The molecule has 1 aromatic carbocycles. The fourth-order valence-electron chi connectivity index (χ4n) is 1.36. The van der Waals surface area contributed by atoms with E-state index in [0.717, 1.165) is 0 Å². The van der Waals surface area contributed by atoms with Crippen LogP contribution in [0.5, 0.6) is 0 Å². The Morgan fingerprint density at radius 3 is 2.30 bits per heavy atom. The van der Waals surface area contributed by atoms with Gasteiger partial charge in [0, 0.05) is 17.5 Å². The van der Waals surface area contributed by atoms with Gasteiger partial charge in [0.25, 0.3) is 0 Å². The molecule has 0 aliphatic carbocycles. The van der Waals surface area contributed by atoms with E-state index < -0.39 is 18.0 Å². The molecule has 0 bridgehead atoms. The largest absolute Gasteiger partial charge is 0.480 e. The summed E-state index contributed by atoms with van der Waals surface area (Å²) in [5.74, 6) is -1.25. The Bertz CT molecular complexity index is 504. The number of rotatable bonds is 5. The second-order valence-electron chi connectivity index (χ2n) is 3.75. The van der Waals surface area contributed by atoms with Crippen LogP contribution in [0.2, 0.25) is 10.0 Å². The first kappa shape index (κ1) is 17.0. The number of aliphatic hydroxyl groups excluding tert-OH is 1. The summed E-state index contributed by atoms with van der Waals surface area (Å²) in [6, 6.07) is 1.08. The zero-order chi connectivity index (χ0) is 15.3. The van der Waals surface area contributed by atoms with Gasteiger partial charge in [-0.05, 0) is 12.1 Å². The summed E-state index contributed by atoms with van der Waals surface area (Å²) in [5, 5.41) is 22.5. The maximum Gasteiger partial charge on any atom is 0.326 e. The molecule has 0 aliphatic rings. The van der Waals surface area contributed by atoms with E-state index in [-0.39, 0.29) is 28.8 Å². The standard InChI is InChI=1S/C11H11BrCl2N2O4/c12-5-3-6(13)9(7(14)4-5)16-11(20)15-8(1-2-17)10(18)19/h3-4,8,17H,1-2H2,(H,18,19)(H2,15,16,20)/t8-/m1/s1. The highest BCUT2D eigenvalue weighted by molar-refractivity contribution is 9.10. The van der Waals surface area contributed by atoms with Gasteiger partial charge in [0.15, 0.2) is 0 Å². The lowest BCUT2D eigenvalue weighted by Gasteiger charge is -2.15. The van der Waals surface area contributed by atoms with E-state index in [0.29, 0.717) is 4.47 Å². The predicted molar refractivity (Wildman–Crippen MR) is 79.4 cm³/mol. The summed E-state index contributed by atoms with van der Waals surface area (Å²) in [6.45, 7) is -0.364. The molecule has 0 fully saturated rings. The quantitative estimate of drug-likeness (QED) is 0.626. The average Bonchev–Trinajstić information content (AvgIpc) is 2.33. The van der Waals surface area contributed by atoms with Gasteiger partial charge in [-0.15, -0.1) is 0 Å². The molecular weight excluding hydrogens is 375 g/mol. The van der Waals surface area contributed by atoms with Crippen LogP contribution in [-0.2, 0) is 4.79 Å². The molecule has 20 heavy (non-hydrogen) atoms. The third-order valence-corrected chi connectivity index (χ3v) is 3.32. The molecule has 0 saturated heterocycles. The van der Waals surface area contributed by atoms with Crippen molar-refractivity contribution >= 4 is 56.8 Å². The highest BCUT2D eigenvalue weighted by Gasteiger charge is 2.20. The molecule has 0 heterocycles. The molecule has 1 aromatic rings. The first-order valence-corrected chi connectivity index (χ1v) is 6.95. The van der Waals surface area contributed by atoms with Crippen molar-refractivity contribution in [3.05, 3.63) is 26.7 Å². The predicted octanol–water partition coefficient (Wildman–Crippen LogP) is 2.71.